The van der Waals surface area contributed by atoms with Crippen molar-refractivity contribution in [2.75, 3.05) is 26.9 Å². The number of likely N-dealkylation sites (N-methyl/N-ethyl adjacent to an activating group) is 1. The number of halogens is 1. The molecule has 0 radical (unpaired) electrons. The predicted molar refractivity (Wildman–Crippen MR) is 85.2 cm³/mol. The van der Waals surface area contributed by atoms with E-state index in [1.54, 1.807) is 12.1 Å². The van der Waals surface area contributed by atoms with E-state index in [0.29, 0.717) is 30.3 Å². The second-order valence-electron chi connectivity index (χ2n) is 4.27. The van der Waals surface area contributed by atoms with Crippen LogP contribution >= 0.6 is 15.9 Å². The lowest BCUT2D eigenvalue weighted by molar-refractivity contribution is -0.147. The van der Waals surface area contributed by atoms with Gasteiger partial charge in [0.1, 0.15) is 0 Å². The summed E-state index contributed by atoms with van der Waals surface area (Å²) in [5, 5.41) is 2.38. The number of rotatable bonds is 8. The van der Waals surface area contributed by atoms with Crippen molar-refractivity contribution in [1.29, 1.82) is 0 Å². The molecule has 1 amide bonds. The number of carbonyl (C=O) groups excluding carboxylic acids is 2. The minimum Gasteiger partial charge on any atom is -0.490 e. The highest BCUT2D eigenvalue weighted by Gasteiger charge is 2.15. The van der Waals surface area contributed by atoms with Gasteiger partial charge in [-0.05, 0) is 31.5 Å². The molecule has 1 rings (SSSR count). The maximum absolute atomic E-state index is 11.8. The van der Waals surface area contributed by atoms with Crippen molar-refractivity contribution in [3.8, 4) is 11.5 Å². The zero-order valence-electron chi connectivity index (χ0n) is 12.9. The average molecular weight is 374 g/mol. The van der Waals surface area contributed by atoms with Gasteiger partial charge in [0, 0.05) is 11.5 Å². The first-order valence-electron chi connectivity index (χ1n) is 6.96. The Morgan fingerprint density at radius 3 is 2.27 bits per heavy atom. The van der Waals surface area contributed by atoms with E-state index in [-0.39, 0.29) is 18.9 Å². The summed E-state index contributed by atoms with van der Waals surface area (Å²) in [5.74, 6) is 0.338. The van der Waals surface area contributed by atoms with Gasteiger partial charge in [-0.3, -0.25) is 9.59 Å². The van der Waals surface area contributed by atoms with Gasteiger partial charge in [-0.25, -0.2) is 0 Å². The van der Waals surface area contributed by atoms with Crippen LogP contribution in [0.5, 0.6) is 11.5 Å². The summed E-state index contributed by atoms with van der Waals surface area (Å²) >= 11 is 3.40. The Labute approximate surface area is 138 Å². The molecular formula is C15H20BrNO5. The van der Waals surface area contributed by atoms with Crippen molar-refractivity contribution in [3.63, 3.8) is 0 Å². The molecule has 7 heteroatoms. The van der Waals surface area contributed by atoms with Crippen LogP contribution in [0.15, 0.2) is 16.6 Å². The van der Waals surface area contributed by atoms with Crippen LogP contribution < -0.4 is 14.8 Å². The van der Waals surface area contributed by atoms with Crippen LogP contribution in [-0.4, -0.2) is 38.7 Å². The summed E-state index contributed by atoms with van der Waals surface area (Å²) in [7, 11) is 1.48. The van der Waals surface area contributed by atoms with Crippen LogP contribution in [0, 0.1) is 0 Å². The van der Waals surface area contributed by atoms with Crippen molar-refractivity contribution < 1.29 is 23.8 Å². The molecule has 0 bridgehead atoms. The number of hydrogen-bond acceptors (Lipinski definition) is 5. The fraction of sp³-hybridized carbons (Fsp3) is 0.467. The smallest absolute Gasteiger partial charge is 0.310 e. The quantitative estimate of drug-likeness (QED) is 0.706. The van der Waals surface area contributed by atoms with E-state index in [2.05, 4.69) is 21.2 Å². The van der Waals surface area contributed by atoms with Gasteiger partial charge >= 0.3 is 5.97 Å². The highest BCUT2D eigenvalue weighted by Crippen LogP contribution is 2.34. The monoisotopic (exact) mass is 373 g/mol. The lowest BCUT2D eigenvalue weighted by Crippen LogP contribution is -2.25. The highest BCUT2D eigenvalue weighted by molar-refractivity contribution is 9.10. The number of hydrogen-bond donors (Lipinski definition) is 1. The first-order valence-corrected chi connectivity index (χ1v) is 7.75. The molecule has 0 aliphatic carbocycles. The standard InChI is InChI=1S/C15H20BrNO5/c1-4-20-12-6-10(11(16)8-13(12)21-5-2)7-15(19)22-9-14(18)17-3/h6,8H,4-5,7,9H2,1-3H3,(H,17,18). The third-order valence-electron chi connectivity index (χ3n) is 2.69. The van der Waals surface area contributed by atoms with E-state index < -0.39 is 5.97 Å². The minimum atomic E-state index is -0.490. The van der Waals surface area contributed by atoms with E-state index in [1.165, 1.54) is 7.05 Å². The van der Waals surface area contributed by atoms with E-state index >= 15 is 0 Å². The SMILES string of the molecule is CCOc1cc(Br)c(CC(=O)OCC(=O)NC)cc1OCC. The van der Waals surface area contributed by atoms with E-state index in [9.17, 15) is 9.59 Å². The fourth-order valence-corrected chi connectivity index (χ4v) is 2.14. The Morgan fingerprint density at radius 1 is 1.14 bits per heavy atom. The van der Waals surface area contributed by atoms with Crippen molar-refractivity contribution in [3.05, 3.63) is 22.2 Å². The summed E-state index contributed by atoms with van der Waals surface area (Å²) in [5.41, 5.74) is 0.703. The third kappa shape index (κ3) is 5.55. The van der Waals surface area contributed by atoms with Gasteiger partial charge in [0.2, 0.25) is 0 Å². The fourth-order valence-electron chi connectivity index (χ4n) is 1.67. The van der Waals surface area contributed by atoms with E-state index in [4.69, 9.17) is 14.2 Å². The van der Waals surface area contributed by atoms with E-state index in [0.717, 1.165) is 4.47 Å². The van der Waals surface area contributed by atoms with Gasteiger partial charge in [0.15, 0.2) is 18.1 Å². The van der Waals surface area contributed by atoms with Crippen molar-refractivity contribution in [2.24, 2.45) is 0 Å². The van der Waals surface area contributed by atoms with Gasteiger partial charge in [-0.2, -0.15) is 0 Å². The zero-order chi connectivity index (χ0) is 16.5. The van der Waals surface area contributed by atoms with Crippen LogP contribution in [0.3, 0.4) is 0 Å². The summed E-state index contributed by atoms with van der Waals surface area (Å²) in [6.07, 6.45) is 0.0318. The Hall–Kier alpha value is -1.76. The Morgan fingerprint density at radius 2 is 1.73 bits per heavy atom. The van der Waals surface area contributed by atoms with Crippen LogP contribution in [-0.2, 0) is 20.7 Å². The maximum atomic E-state index is 11.8. The molecule has 0 fully saturated rings. The molecule has 122 valence electrons. The Balaban J connectivity index is 2.83. The lowest BCUT2D eigenvalue weighted by atomic mass is 10.1. The Kier molecular flexibility index (Phi) is 7.73. The summed E-state index contributed by atoms with van der Waals surface area (Å²) in [6, 6.07) is 3.50. The van der Waals surface area contributed by atoms with Crippen molar-refractivity contribution in [1.82, 2.24) is 5.32 Å². The molecule has 0 unspecified atom stereocenters. The Bertz CT molecular complexity index is 533. The molecule has 1 N–H and O–H groups in total. The number of carbonyl (C=O) groups is 2. The summed E-state index contributed by atoms with van der Waals surface area (Å²) in [4.78, 5) is 22.8. The first-order chi connectivity index (χ1) is 10.5. The molecule has 0 aromatic heterocycles. The lowest BCUT2D eigenvalue weighted by Gasteiger charge is -2.14. The molecule has 0 saturated carbocycles. The van der Waals surface area contributed by atoms with Gasteiger partial charge in [-0.15, -0.1) is 0 Å². The molecule has 0 aliphatic heterocycles. The van der Waals surface area contributed by atoms with E-state index in [1.807, 2.05) is 13.8 Å². The second-order valence-corrected chi connectivity index (χ2v) is 5.12. The molecule has 0 atom stereocenters. The molecule has 0 aliphatic rings. The molecule has 6 nitrogen and oxygen atoms in total. The normalized spacial score (nSPS) is 10.0. The van der Waals surface area contributed by atoms with Crippen LogP contribution in [0.2, 0.25) is 0 Å². The summed E-state index contributed by atoms with van der Waals surface area (Å²) < 4.78 is 16.6. The summed E-state index contributed by atoms with van der Waals surface area (Å²) in [6.45, 7) is 4.47. The van der Waals surface area contributed by atoms with Gasteiger partial charge in [0.05, 0.1) is 19.6 Å². The number of esters is 1. The zero-order valence-corrected chi connectivity index (χ0v) is 14.5. The van der Waals surface area contributed by atoms with Crippen molar-refractivity contribution >= 4 is 27.8 Å². The highest BCUT2D eigenvalue weighted by atomic mass is 79.9. The maximum Gasteiger partial charge on any atom is 0.310 e. The number of nitrogens with one attached hydrogen (secondary N) is 1. The van der Waals surface area contributed by atoms with Gasteiger partial charge in [-0.1, -0.05) is 15.9 Å². The first kappa shape index (κ1) is 18.3. The van der Waals surface area contributed by atoms with Gasteiger partial charge in [0.25, 0.3) is 5.91 Å². The number of ether oxygens (including phenoxy) is 3. The average Bonchev–Trinajstić information content (AvgIpc) is 2.49. The predicted octanol–water partition coefficient (Wildman–Crippen LogP) is 2.08. The second kappa shape index (κ2) is 9.30. The largest absolute Gasteiger partial charge is 0.490 e. The van der Waals surface area contributed by atoms with Crippen molar-refractivity contribution in [2.45, 2.75) is 20.3 Å². The topological polar surface area (TPSA) is 73.9 Å². The van der Waals surface area contributed by atoms with Gasteiger partial charge < -0.3 is 19.5 Å². The molecule has 22 heavy (non-hydrogen) atoms. The molecule has 0 saturated heterocycles. The number of amides is 1. The molecule has 0 heterocycles. The molecule has 1 aromatic rings. The third-order valence-corrected chi connectivity index (χ3v) is 3.43. The minimum absolute atomic E-state index is 0.0318. The van der Waals surface area contributed by atoms with Crippen LogP contribution in [0.4, 0.5) is 0 Å². The molecule has 0 spiro atoms. The van der Waals surface area contributed by atoms with Crippen LogP contribution in [0.1, 0.15) is 19.4 Å². The number of benzene rings is 1. The molecular weight excluding hydrogens is 354 g/mol. The van der Waals surface area contributed by atoms with Crippen LogP contribution in [0.25, 0.3) is 0 Å². The molecule has 1 aromatic carbocycles.